The quantitative estimate of drug-likeness (QED) is 0.588. The molecule has 152 valence electrons. The number of hydrogen-bond donors (Lipinski definition) is 3. The van der Waals surface area contributed by atoms with E-state index in [9.17, 15) is 10.2 Å². The number of hydrogen-bond acceptors (Lipinski definition) is 7. The monoisotopic (exact) mass is 394 g/mol. The Bertz CT molecular complexity index is 980. The number of fused-ring (bicyclic) bond motifs is 1. The summed E-state index contributed by atoms with van der Waals surface area (Å²) in [6.07, 6.45) is 1.84. The minimum absolute atomic E-state index is 0.278. The number of benzene rings is 2. The molecule has 0 radical (unpaired) electrons. The number of anilines is 1. The predicted octanol–water partition coefficient (Wildman–Crippen LogP) is 2.15. The lowest BCUT2D eigenvalue weighted by Gasteiger charge is -2.38. The largest absolute Gasteiger partial charge is 0.394 e. The number of aliphatic hydroxyl groups is 2. The molecule has 2 heterocycles. The average Bonchev–Trinajstić information content (AvgIpc) is 3.24. The van der Waals surface area contributed by atoms with Crippen molar-refractivity contribution < 1.29 is 14.7 Å². The minimum Gasteiger partial charge on any atom is -0.394 e. The fourth-order valence-corrected chi connectivity index (χ4v) is 3.75. The molecule has 1 aliphatic rings. The molecule has 0 spiro atoms. The zero-order chi connectivity index (χ0) is 20.4. The van der Waals surface area contributed by atoms with Crippen LogP contribution in [0.5, 0.6) is 0 Å². The molecule has 4 N–H and O–H groups in total. The summed E-state index contributed by atoms with van der Waals surface area (Å²) in [5.74, 6) is 1.05. The van der Waals surface area contributed by atoms with E-state index in [4.69, 9.17) is 10.3 Å². The van der Waals surface area contributed by atoms with Crippen LogP contribution in [-0.4, -0.2) is 52.2 Å². The van der Waals surface area contributed by atoms with Crippen LogP contribution in [0.15, 0.2) is 47.0 Å². The van der Waals surface area contributed by atoms with Crippen molar-refractivity contribution in [2.24, 2.45) is 5.73 Å². The molecule has 7 heteroatoms. The molecule has 0 atom stereocenters. The number of aromatic nitrogens is 2. The van der Waals surface area contributed by atoms with Crippen molar-refractivity contribution in [1.82, 2.24) is 10.1 Å². The Hall–Kier alpha value is -2.74. The zero-order valence-corrected chi connectivity index (χ0v) is 16.5. The van der Waals surface area contributed by atoms with E-state index in [1.165, 1.54) is 5.56 Å². The van der Waals surface area contributed by atoms with E-state index in [1.54, 1.807) is 0 Å². The molecule has 1 aliphatic heterocycles. The molecule has 2 aromatic carbocycles. The maximum absolute atomic E-state index is 9.58. The third kappa shape index (κ3) is 3.89. The van der Waals surface area contributed by atoms with Crippen molar-refractivity contribution in [3.05, 3.63) is 53.6 Å². The van der Waals surface area contributed by atoms with Crippen molar-refractivity contribution >= 4 is 5.69 Å². The minimum atomic E-state index is -1.05. The first kappa shape index (κ1) is 19.6. The van der Waals surface area contributed by atoms with Crippen molar-refractivity contribution in [3.8, 4) is 22.8 Å². The maximum Gasteiger partial charge on any atom is 0.258 e. The molecule has 0 saturated heterocycles. The molecule has 0 unspecified atom stereocenters. The molecule has 0 aliphatic carbocycles. The van der Waals surface area contributed by atoms with Gasteiger partial charge in [-0.3, -0.25) is 0 Å². The fraction of sp³-hybridized carbons (Fsp3) is 0.364. The van der Waals surface area contributed by atoms with Crippen LogP contribution in [-0.2, 0) is 6.42 Å². The van der Waals surface area contributed by atoms with Gasteiger partial charge < -0.3 is 25.4 Å². The summed E-state index contributed by atoms with van der Waals surface area (Å²) in [6, 6.07) is 14.0. The van der Waals surface area contributed by atoms with Gasteiger partial charge in [-0.25, -0.2) is 0 Å². The van der Waals surface area contributed by atoms with Gasteiger partial charge in [0.2, 0.25) is 5.82 Å². The van der Waals surface area contributed by atoms with E-state index in [1.807, 2.05) is 49.4 Å². The first-order valence-electron chi connectivity index (χ1n) is 9.81. The van der Waals surface area contributed by atoms with Gasteiger partial charge in [-0.15, -0.1) is 0 Å². The summed E-state index contributed by atoms with van der Waals surface area (Å²) >= 11 is 0. The van der Waals surface area contributed by atoms with Gasteiger partial charge >= 0.3 is 0 Å². The normalized spacial score (nSPS) is 14.1. The van der Waals surface area contributed by atoms with Crippen molar-refractivity contribution in [2.45, 2.75) is 25.3 Å². The number of aliphatic hydroxyl groups excluding tert-OH is 2. The van der Waals surface area contributed by atoms with Crippen LogP contribution in [0.1, 0.15) is 17.5 Å². The molecule has 0 amide bonds. The number of nitrogens with two attached hydrogens (primary N) is 1. The summed E-state index contributed by atoms with van der Waals surface area (Å²) in [7, 11) is 0. The Morgan fingerprint density at radius 2 is 1.90 bits per heavy atom. The Balaban J connectivity index is 1.67. The number of rotatable bonds is 6. The lowest BCUT2D eigenvalue weighted by Crippen LogP contribution is -2.56. The second-order valence-corrected chi connectivity index (χ2v) is 7.80. The molecule has 7 nitrogen and oxygen atoms in total. The average molecular weight is 394 g/mol. The maximum atomic E-state index is 9.58. The van der Waals surface area contributed by atoms with Gasteiger partial charge in [-0.1, -0.05) is 35.0 Å². The lowest BCUT2D eigenvalue weighted by atomic mass is 9.93. The van der Waals surface area contributed by atoms with Gasteiger partial charge in [0.15, 0.2) is 0 Å². The lowest BCUT2D eigenvalue weighted by molar-refractivity contribution is 0.124. The Kier molecular flexibility index (Phi) is 5.36. The van der Waals surface area contributed by atoms with Gasteiger partial charge in [0.25, 0.3) is 5.89 Å². The third-order valence-corrected chi connectivity index (χ3v) is 5.45. The van der Waals surface area contributed by atoms with E-state index < -0.39 is 5.54 Å². The van der Waals surface area contributed by atoms with Gasteiger partial charge in [-0.2, -0.15) is 4.98 Å². The van der Waals surface area contributed by atoms with E-state index in [2.05, 4.69) is 15.0 Å². The third-order valence-electron chi connectivity index (χ3n) is 5.45. The summed E-state index contributed by atoms with van der Waals surface area (Å²) in [5.41, 5.74) is 10.2. The van der Waals surface area contributed by atoms with E-state index in [-0.39, 0.29) is 13.2 Å². The topological polar surface area (TPSA) is 109 Å². The smallest absolute Gasteiger partial charge is 0.258 e. The number of aryl methyl sites for hydroxylation is 1. The fourth-order valence-electron chi connectivity index (χ4n) is 3.75. The van der Waals surface area contributed by atoms with Crippen LogP contribution in [0.3, 0.4) is 0 Å². The first-order valence-corrected chi connectivity index (χ1v) is 9.81. The van der Waals surface area contributed by atoms with Gasteiger partial charge in [-0.05, 0) is 43.5 Å². The molecular weight excluding hydrogens is 368 g/mol. The highest BCUT2D eigenvalue weighted by Crippen LogP contribution is 2.35. The van der Waals surface area contributed by atoms with Crippen molar-refractivity contribution in [1.29, 1.82) is 0 Å². The summed E-state index contributed by atoms with van der Waals surface area (Å²) < 4.78 is 5.52. The van der Waals surface area contributed by atoms with Gasteiger partial charge in [0.1, 0.15) is 0 Å². The number of nitrogens with zero attached hydrogens (tertiary/aromatic N) is 3. The van der Waals surface area contributed by atoms with Crippen LogP contribution in [0.25, 0.3) is 22.8 Å². The SMILES string of the molecule is Cc1ccc(-c2nc(-c3cccc4c3CCCN4CC(N)(CO)CO)no2)cc1. The first-order chi connectivity index (χ1) is 14.0. The van der Waals surface area contributed by atoms with Crippen molar-refractivity contribution in [3.63, 3.8) is 0 Å². The van der Waals surface area contributed by atoms with Gasteiger partial charge in [0.05, 0.1) is 18.8 Å². The van der Waals surface area contributed by atoms with Crippen LogP contribution in [0.4, 0.5) is 5.69 Å². The van der Waals surface area contributed by atoms with Crippen LogP contribution < -0.4 is 10.6 Å². The van der Waals surface area contributed by atoms with E-state index in [0.29, 0.717) is 18.3 Å². The molecule has 1 aromatic heterocycles. The van der Waals surface area contributed by atoms with Crippen LogP contribution in [0.2, 0.25) is 0 Å². The summed E-state index contributed by atoms with van der Waals surface area (Å²) in [4.78, 5) is 6.74. The Labute approximate surface area is 169 Å². The summed E-state index contributed by atoms with van der Waals surface area (Å²) in [6.45, 7) is 2.67. The Morgan fingerprint density at radius 1 is 1.14 bits per heavy atom. The molecule has 3 aromatic rings. The van der Waals surface area contributed by atoms with Crippen LogP contribution in [0, 0.1) is 6.92 Å². The molecular formula is C22H26N4O3. The van der Waals surface area contributed by atoms with E-state index >= 15 is 0 Å². The highest BCUT2D eigenvalue weighted by molar-refractivity contribution is 5.72. The summed E-state index contributed by atoms with van der Waals surface area (Å²) in [5, 5.41) is 23.4. The highest BCUT2D eigenvalue weighted by Gasteiger charge is 2.30. The van der Waals surface area contributed by atoms with E-state index in [0.717, 1.165) is 41.8 Å². The second kappa shape index (κ2) is 7.94. The molecule has 0 bridgehead atoms. The molecule has 4 rings (SSSR count). The Morgan fingerprint density at radius 3 is 2.62 bits per heavy atom. The van der Waals surface area contributed by atoms with Crippen molar-refractivity contribution in [2.75, 3.05) is 31.2 Å². The second-order valence-electron chi connectivity index (χ2n) is 7.80. The molecule has 29 heavy (non-hydrogen) atoms. The standard InChI is InChI=1S/C22H26N4O3/c1-15-7-9-16(10-8-15)21-24-20(25-29-21)18-4-2-6-19-17(18)5-3-11-26(19)12-22(23,13-27)14-28/h2,4,6-10,27-28H,3,5,11-14,23H2,1H3. The molecule has 0 saturated carbocycles. The predicted molar refractivity (Wildman–Crippen MR) is 112 cm³/mol. The van der Waals surface area contributed by atoms with Crippen LogP contribution >= 0.6 is 0 Å². The zero-order valence-electron chi connectivity index (χ0n) is 16.5. The highest BCUT2D eigenvalue weighted by atomic mass is 16.5. The van der Waals surface area contributed by atoms with Gasteiger partial charge in [0, 0.05) is 29.9 Å². The molecule has 0 fully saturated rings.